The Kier molecular flexibility index (Phi) is 7.19. The molecule has 1 aliphatic carbocycles. The molecule has 0 aliphatic heterocycles. The summed E-state index contributed by atoms with van der Waals surface area (Å²) in [5.74, 6) is -1.50. The molecule has 0 spiro atoms. The van der Waals surface area contributed by atoms with Crippen LogP contribution in [0.3, 0.4) is 0 Å². The molecule has 1 heterocycles. The first-order valence-corrected chi connectivity index (χ1v) is 10.2. The molecule has 1 aromatic carbocycles. The summed E-state index contributed by atoms with van der Waals surface area (Å²) in [7, 11) is 0. The molecule has 0 radical (unpaired) electrons. The van der Waals surface area contributed by atoms with E-state index in [1.807, 2.05) is 5.32 Å². The van der Waals surface area contributed by atoms with E-state index in [2.05, 4.69) is 10.3 Å². The fourth-order valence-corrected chi connectivity index (χ4v) is 3.67. The standard InChI is InChI=1S/C21H24F3N3O4/c22-21(23,24)13-9-15(18(29)16(10-13)25-12-28)20-27-17(11-31-20)19(30)26-14-7-5-3-1-2-4-6-8-14/h9-12,14,29H,1-8H2,(H,25,28)(H,26,30). The maximum atomic E-state index is 13.2. The summed E-state index contributed by atoms with van der Waals surface area (Å²) < 4.78 is 44.8. The highest BCUT2D eigenvalue weighted by molar-refractivity contribution is 5.93. The van der Waals surface area contributed by atoms with Gasteiger partial charge >= 0.3 is 6.18 Å². The summed E-state index contributed by atoms with van der Waals surface area (Å²) in [6.07, 6.45) is 4.79. The number of nitrogens with zero attached hydrogens (tertiary/aromatic N) is 1. The zero-order valence-corrected chi connectivity index (χ0v) is 16.8. The number of aromatic hydroxyl groups is 1. The fraction of sp³-hybridized carbons (Fsp3) is 0.476. The number of halogens is 3. The van der Waals surface area contributed by atoms with Crippen LogP contribution in [0.25, 0.3) is 11.5 Å². The first kappa shape index (κ1) is 22.6. The number of phenolic OH excluding ortho intramolecular Hbond substituents is 1. The lowest BCUT2D eigenvalue weighted by Gasteiger charge is -2.16. The molecule has 7 nitrogen and oxygen atoms in total. The Hall–Kier alpha value is -3.04. The molecule has 3 N–H and O–H groups in total. The number of hydrogen-bond donors (Lipinski definition) is 3. The maximum Gasteiger partial charge on any atom is 0.416 e. The summed E-state index contributed by atoms with van der Waals surface area (Å²) in [5, 5.41) is 15.2. The van der Waals surface area contributed by atoms with Crippen molar-refractivity contribution < 1.29 is 32.3 Å². The molecule has 1 aliphatic rings. The summed E-state index contributed by atoms with van der Waals surface area (Å²) in [5.41, 5.74) is -2.05. The van der Waals surface area contributed by atoms with Crippen LogP contribution in [-0.4, -0.2) is 28.4 Å². The lowest BCUT2D eigenvalue weighted by atomic mass is 10.0. The summed E-state index contributed by atoms with van der Waals surface area (Å²) in [6, 6.07) is 1.24. The molecule has 1 saturated carbocycles. The highest BCUT2D eigenvalue weighted by Gasteiger charge is 2.33. The second-order valence-electron chi connectivity index (χ2n) is 7.59. The minimum absolute atomic E-state index is 0.00361. The van der Waals surface area contributed by atoms with Crippen molar-refractivity contribution in [1.29, 1.82) is 0 Å². The van der Waals surface area contributed by atoms with E-state index >= 15 is 0 Å². The van der Waals surface area contributed by atoms with Crippen LogP contribution in [0, 0.1) is 0 Å². The molecule has 168 valence electrons. The van der Waals surface area contributed by atoms with Crippen molar-refractivity contribution in [1.82, 2.24) is 10.3 Å². The van der Waals surface area contributed by atoms with Gasteiger partial charge < -0.3 is 20.2 Å². The monoisotopic (exact) mass is 439 g/mol. The summed E-state index contributed by atoms with van der Waals surface area (Å²) >= 11 is 0. The van der Waals surface area contributed by atoms with E-state index in [-0.39, 0.29) is 29.6 Å². The minimum atomic E-state index is -4.73. The zero-order chi connectivity index (χ0) is 22.4. The number of hydrogen-bond acceptors (Lipinski definition) is 5. The normalized spacial score (nSPS) is 16.1. The van der Waals surface area contributed by atoms with Gasteiger partial charge in [-0.05, 0) is 25.0 Å². The molecule has 31 heavy (non-hydrogen) atoms. The van der Waals surface area contributed by atoms with E-state index in [1.165, 1.54) is 12.8 Å². The number of aromatic nitrogens is 1. The Bertz CT molecular complexity index is 917. The SMILES string of the molecule is O=CNc1cc(C(F)(F)F)cc(-c2nc(C(=O)NC3CCCCCCCC3)co2)c1O. The topological polar surface area (TPSA) is 104 Å². The quantitative estimate of drug-likeness (QED) is 0.456. The number of carbonyl (C=O) groups excluding carboxylic acids is 2. The molecule has 2 amide bonds. The summed E-state index contributed by atoms with van der Waals surface area (Å²) in [4.78, 5) is 27.2. The average Bonchev–Trinajstić information content (AvgIpc) is 3.23. The van der Waals surface area contributed by atoms with Gasteiger partial charge in [0.05, 0.1) is 16.8 Å². The molecule has 1 aromatic heterocycles. The second-order valence-corrected chi connectivity index (χ2v) is 7.59. The van der Waals surface area contributed by atoms with E-state index in [9.17, 15) is 27.9 Å². The molecule has 0 saturated heterocycles. The molecule has 10 heteroatoms. The molecule has 1 fully saturated rings. The van der Waals surface area contributed by atoms with Gasteiger partial charge in [-0.1, -0.05) is 38.5 Å². The first-order chi connectivity index (χ1) is 14.8. The number of anilines is 1. The van der Waals surface area contributed by atoms with Crippen LogP contribution in [0.4, 0.5) is 18.9 Å². The Labute approximate surface area is 177 Å². The zero-order valence-electron chi connectivity index (χ0n) is 16.8. The Morgan fingerprint density at radius 1 is 1.13 bits per heavy atom. The third kappa shape index (κ3) is 5.77. The van der Waals surface area contributed by atoms with Crippen molar-refractivity contribution in [3.05, 3.63) is 29.7 Å². The van der Waals surface area contributed by atoms with Crippen LogP contribution < -0.4 is 10.6 Å². The number of amides is 2. The number of phenols is 1. The Balaban J connectivity index is 1.83. The number of oxazole rings is 1. The van der Waals surface area contributed by atoms with Crippen LogP contribution in [-0.2, 0) is 11.0 Å². The third-order valence-corrected chi connectivity index (χ3v) is 5.31. The fourth-order valence-electron chi connectivity index (χ4n) is 3.67. The highest BCUT2D eigenvalue weighted by atomic mass is 19.4. The van der Waals surface area contributed by atoms with Crippen LogP contribution in [0.5, 0.6) is 5.75 Å². The van der Waals surface area contributed by atoms with E-state index in [0.717, 1.165) is 44.8 Å². The molecule has 0 unspecified atom stereocenters. The molecule has 3 rings (SSSR count). The van der Waals surface area contributed by atoms with Gasteiger partial charge in [-0.15, -0.1) is 0 Å². The summed E-state index contributed by atoms with van der Waals surface area (Å²) in [6.45, 7) is 0. The lowest BCUT2D eigenvalue weighted by molar-refractivity contribution is -0.137. The number of carbonyl (C=O) groups is 2. The molecule has 2 aromatic rings. The second kappa shape index (κ2) is 9.84. The van der Waals surface area contributed by atoms with Gasteiger partial charge in [-0.25, -0.2) is 4.98 Å². The molecular formula is C21H24F3N3O4. The predicted octanol–water partition coefficient (Wildman–Crippen LogP) is 4.87. The maximum absolute atomic E-state index is 13.2. The Morgan fingerprint density at radius 2 is 1.77 bits per heavy atom. The number of nitrogens with one attached hydrogen (secondary N) is 2. The highest BCUT2D eigenvalue weighted by Crippen LogP contribution is 2.41. The largest absolute Gasteiger partial charge is 0.505 e. The molecule has 0 bridgehead atoms. The lowest BCUT2D eigenvalue weighted by Crippen LogP contribution is -2.35. The number of benzene rings is 1. The van der Waals surface area contributed by atoms with Crippen LogP contribution in [0.15, 0.2) is 22.8 Å². The van der Waals surface area contributed by atoms with Crippen LogP contribution in [0.2, 0.25) is 0 Å². The van der Waals surface area contributed by atoms with Gasteiger partial charge in [0.1, 0.15) is 6.26 Å². The van der Waals surface area contributed by atoms with Gasteiger partial charge in [0.25, 0.3) is 5.91 Å². The minimum Gasteiger partial charge on any atom is -0.505 e. The predicted molar refractivity (Wildman–Crippen MR) is 106 cm³/mol. The Morgan fingerprint density at radius 3 is 2.39 bits per heavy atom. The molecular weight excluding hydrogens is 415 g/mol. The molecule has 0 atom stereocenters. The van der Waals surface area contributed by atoms with Gasteiger partial charge in [0, 0.05) is 6.04 Å². The van der Waals surface area contributed by atoms with Crippen molar-refractivity contribution in [3.8, 4) is 17.2 Å². The van der Waals surface area contributed by atoms with E-state index < -0.39 is 29.1 Å². The van der Waals surface area contributed by atoms with Gasteiger partial charge in [0.2, 0.25) is 12.3 Å². The van der Waals surface area contributed by atoms with Gasteiger partial charge in [-0.3, -0.25) is 9.59 Å². The van der Waals surface area contributed by atoms with Crippen LogP contribution >= 0.6 is 0 Å². The van der Waals surface area contributed by atoms with Crippen LogP contribution in [0.1, 0.15) is 67.4 Å². The van der Waals surface area contributed by atoms with E-state index in [0.29, 0.717) is 12.1 Å². The first-order valence-electron chi connectivity index (χ1n) is 10.2. The average molecular weight is 439 g/mol. The van der Waals surface area contributed by atoms with E-state index in [1.54, 1.807) is 0 Å². The number of rotatable bonds is 5. The van der Waals surface area contributed by atoms with Gasteiger partial charge in [0.15, 0.2) is 11.4 Å². The number of alkyl halides is 3. The van der Waals surface area contributed by atoms with Crippen molar-refractivity contribution in [2.24, 2.45) is 0 Å². The van der Waals surface area contributed by atoms with E-state index in [4.69, 9.17) is 4.42 Å². The smallest absolute Gasteiger partial charge is 0.416 e. The van der Waals surface area contributed by atoms with Crippen molar-refractivity contribution in [3.63, 3.8) is 0 Å². The van der Waals surface area contributed by atoms with Crippen molar-refractivity contribution in [2.45, 2.75) is 63.6 Å². The van der Waals surface area contributed by atoms with Crippen molar-refractivity contribution >= 4 is 18.0 Å². The third-order valence-electron chi connectivity index (χ3n) is 5.31. The van der Waals surface area contributed by atoms with Gasteiger partial charge in [-0.2, -0.15) is 13.2 Å². The van der Waals surface area contributed by atoms with Crippen molar-refractivity contribution in [2.75, 3.05) is 5.32 Å².